The van der Waals surface area contributed by atoms with Crippen LogP contribution in [-0.4, -0.2) is 39.3 Å². The average molecular weight is 530 g/mol. The van der Waals surface area contributed by atoms with Crippen molar-refractivity contribution >= 4 is 17.1 Å². The number of benzene rings is 3. The summed E-state index contributed by atoms with van der Waals surface area (Å²) in [7, 11) is 0. The monoisotopic (exact) mass is 529 g/mol. The van der Waals surface area contributed by atoms with Crippen molar-refractivity contribution in [1.82, 2.24) is 0 Å². The molecule has 3 rings (SSSR count). The van der Waals surface area contributed by atoms with E-state index in [1.165, 1.54) is 16.7 Å². The summed E-state index contributed by atoms with van der Waals surface area (Å²) in [5.41, 5.74) is 7.18. The fourth-order valence-electron chi connectivity index (χ4n) is 5.00. The van der Waals surface area contributed by atoms with E-state index in [2.05, 4.69) is 127 Å². The van der Waals surface area contributed by atoms with Crippen molar-refractivity contribution in [2.75, 3.05) is 54.0 Å². The zero-order valence-electron chi connectivity index (χ0n) is 23.8. The van der Waals surface area contributed by atoms with Gasteiger partial charge in [0.25, 0.3) is 0 Å². The standard InChI is InChI=1S/C37H43N3/c1-7-25-38(26-8-2)34-19-13-31(14-20-34)37(32-15-21-35(22-16-32)39(27-9-3)28-10-4)33-17-23-36(24-18-33)40(29-11-5)30-12-6/h7-24,37H,1-6,25-30H2. The molecule has 0 amide bonds. The van der Waals surface area contributed by atoms with Crippen LogP contribution in [0.4, 0.5) is 17.1 Å². The lowest BCUT2D eigenvalue weighted by atomic mass is 9.85. The lowest BCUT2D eigenvalue weighted by molar-refractivity contribution is 0.934. The normalized spacial score (nSPS) is 10.4. The molecule has 0 aliphatic rings. The van der Waals surface area contributed by atoms with E-state index >= 15 is 0 Å². The third-order valence-electron chi connectivity index (χ3n) is 6.87. The molecule has 3 nitrogen and oxygen atoms in total. The van der Waals surface area contributed by atoms with Gasteiger partial charge < -0.3 is 14.7 Å². The molecule has 0 saturated heterocycles. The Morgan fingerprint density at radius 1 is 0.375 bits per heavy atom. The highest BCUT2D eigenvalue weighted by atomic mass is 15.1. The van der Waals surface area contributed by atoms with Crippen molar-refractivity contribution in [2.24, 2.45) is 0 Å². The van der Waals surface area contributed by atoms with Crippen LogP contribution in [0.5, 0.6) is 0 Å². The van der Waals surface area contributed by atoms with Crippen LogP contribution in [0.3, 0.4) is 0 Å². The molecule has 206 valence electrons. The highest BCUT2D eigenvalue weighted by Gasteiger charge is 2.19. The lowest BCUT2D eigenvalue weighted by Crippen LogP contribution is -2.23. The zero-order valence-corrected chi connectivity index (χ0v) is 23.8. The van der Waals surface area contributed by atoms with Gasteiger partial charge in [-0.3, -0.25) is 0 Å². The smallest absolute Gasteiger partial charge is 0.0372 e. The van der Waals surface area contributed by atoms with Crippen molar-refractivity contribution in [3.8, 4) is 0 Å². The highest BCUT2D eigenvalue weighted by molar-refractivity contribution is 5.57. The second-order valence-corrected chi connectivity index (χ2v) is 9.65. The Labute approximate surface area is 242 Å². The summed E-state index contributed by atoms with van der Waals surface area (Å²) in [5.74, 6) is 0.0870. The Morgan fingerprint density at radius 3 is 0.750 bits per heavy atom. The van der Waals surface area contributed by atoms with Crippen LogP contribution in [0.2, 0.25) is 0 Å². The summed E-state index contributed by atoms with van der Waals surface area (Å²) in [6.07, 6.45) is 11.5. The second kappa shape index (κ2) is 15.8. The molecule has 0 fully saturated rings. The van der Waals surface area contributed by atoms with E-state index in [0.29, 0.717) is 0 Å². The number of rotatable bonds is 18. The Bertz CT molecular complexity index is 1060. The third kappa shape index (κ3) is 7.77. The van der Waals surface area contributed by atoms with Crippen LogP contribution in [0.1, 0.15) is 22.6 Å². The Morgan fingerprint density at radius 2 is 0.575 bits per heavy atom. The highest BCUT2D eigenvalue weighted by Crippen LogP contribution is 2.35. The molecule has 0 aliphatic carbocycles. The summed E-state index contributed by atoms with van der Waals surface area (Å²) >= 11 is 0. The molecule has 0 aromatic heterocycles. The molecular formula is C37H43N3. The third-order valence-corrected chi connectivity index (χ3v) is 6.87. The van der Waals surface area contributed by atoms with Gasteiger partial charge in [-0.05, 0) is 53.1 Å². The van der Waals surface area contributed by atoms with Crippen LogP contribution >= 0.6 is 0 Å². The summed E-state index contributed by atoms with van der Waals surface area (Å²) in [6.45, 7) is 28.1. The molecule has 0 unspecified atom stereocenters. The predicted molar refractivity (Wildman–Crippen MR) is 178 cm³/mol. The largest absolute Gasteiger partial charge is 0.364 e. The van der Waals surface area contributed by atoms with E-state index in [-0.39, 0.29) is 5.92 Å². The molecule has 0 radical (unpaired) electrons. The van der Waals surface area contributed by atoms with Crippen LogP contribution < -0.4 is 14.7 Å². The zero-order chi connectivity index (χ0) is 28.7. The summed E-state index contributed by atoms with van der Waals surface area (Å²) < 4.78 is 0. The molecule has 40 heavy (non-hydrogen) atoms. The van der Waals surface area contributed by atoms with E-state index < -0.39 is 0 Å². The fraction of sp³-hybridized carbons (Fsp3) is 0.189. The van der Waals surface area contributed by atoms with Crippen LogP contribution in [0.25, 0.3) is 0 Å². The minimum atomic E-state index is 0.0870. The molecule has 0 bridgehead atoms. The van der Waals surface area contributed by atoms with Crippen molar-refractivity contribution in [1.29, 1.82) is 0 Å². The van der Waals surface area contributed by atoms with E-state index in [9.17, 15) is 0 Å². The molecule has 0 saturated carbocycles. The van der Waals surface area contributed by atoms with Gasteiger partial charge in [0.05, 0.1) is 0 Å². The van der Waals surface area contributed by atoms with Gasteiger partial charge in [-0.15, -0.1) is 39.5 Å². The number of anilines is 3. The van der Waals surface area contributed by atoms with Gasteiger partial charge in [-0.1, -0.05) is 72.9 Å². The van der Waals surface area contributed by atoms with Crippen LogP contribution in [0, 0.1) is 0 Å². The fourth-order valence-corrected chi connectivity index (χ4v) is 5.00. The quantitative estimate of drug-likeness (QED) is 0.121. The van der Waals surface area contributed by atoms with E-state index in [1.54, 1.807) is 0 Å². The van der Waals surface area contributed by atoms with Crippen molar-refractivity contribution in [3.63, 3.8) is 0 Å². The maximum Gasteiger partial charge on any atom is 0.0372 e. The molecule has 0 N–H and O–H groups in total. The minimum Gasteiger partial charge on any atom is -0.364 e. The first kappa shape index (κ1) is 30.0. The average Bonchev–Trinajstić information content (AvgIpc) is 2.98. The molecule has 3 aromatic rings. The van der Waals surface area contributed by atoms with E-state index in [1.807, 2.05) is 36.5 Å². The Hall–Kier alpha value is -4.50. The van der Waals surface area contributed by atoms with E-state index in [4.69, 9.17) is 0 Å². The molecule has 0 atom stereocenters. The minimum absolute atomic E-state index is 0.0870. The predicted octanol–water partition coefficient (Wildman–Crippen LogP) is 8.40. The van der Waals surface area contributed by atoms with Crippen LogP contribution in [-0.2, 0) is 0 Å². The van der Waals surface area contributed by atoms with E-state index in [0.717, 1.165) is 56.3 Å². The van der Waals surface area contributed by atoms with Gasteiger partial charge in [-0.25, -0.2) is 0 Å². The molecular weight excluding hydrogens is 486 g/mol. The topological polar surface area (TPSA) is 9.72 Å². The van der Waals surface area contributed by atoms with Gasteiger partial charge in [0.1, 0.15) is 0 Å². The van der Waals surface area contributed by atoms with Crippen molar-refractivity contribution < 1.29 is 0 Å². The van der Waals surface area contributed by atoms with Crippen molar-refractivity contribution in [3.05, 3.63) is 165 Å². The first-order chi connectivity index (χ1) is 19.6. The van der Waals surface area contributed by atoms with Gasteiger partial charge in [0, 0.05) is 62.2 Å². The summed E-state index contributed by atoms with van der Waals surface area (Å²) in [4.78, 5) is 6.76. The first-order valence-electron chi connectivity index (χ1n) is 13.8. The summed E-state index contributed by atoms with van der Waals surface area (Å²) in [5, 5.41) is 0. The Kier molecular flexibility index (Phi) is 11.9. The Balaban J connectivity index is 2.03. The van der Waals surface area contributed by atoms with Gasteiger partial charge in [0.15, 0.2) is 0 Å². The molecule has 3 aromatic carbocycles. The maximum atomic E-state index is 3.91. The lowest BCUT2D eigenvalue weighted by Gasteiger charge is -2.26. The van der Waals surface area contributed by atoms with Gasteiger partial charge >= 0.3 is 0 Å². The maximum absolute atomic E-state index is 3.91. The van der Waals surface area contributed by atoms with Gasteiger partial charge in [0.2, 0.25) is 0 Å². The van der Waals surface area contributed by atoms with Gasteiger partial charge in [-0.2, -0.15) is 0 Å². The van der Waals surface area contributed by atoms with Crippen molar-refractivity contribution in [2.45, 2.75) is 5.92 Å². The molecule has 0 spiro atoms. The SMILES string of the molecule is C=CCN(CC=C)c1ccc(C(c2ccc(N(CC=C)CC=C)cc2)c2ccc(N(CC=C)CC=C)cc2)cc1. The second-order valence-electron chi connectivity index (χ2n) is 9.65. The molecule has 3 heteroatoms. The molecule has 0 heterocycles. The first-order valence-corrected chi connectivity index (χ1v) is 13.8. The molecule has 0 aliphatic heterocycles. The number of nitrogens with zero attached hydrogens (tertiary/aromatic N) is 3. The van der Waals surface area contributed by atoms with Crippen LogP contribution in [0.15, 0.2) is 149 Å². The number of hydrogen-bond donors (Lipinski definition) is 0. The summed E-state index contributed by atoms with van der Waals surface area (Å²) in [6, 6.07) is 26.6. The number of hydrogen-bond acceptors (Lipinski definition) is 3.